The molecule has 0 atom stereocenters. The van der Waals surface area contributed by atoms with Gasteiger partial charge in [0.25, 0.3) is 0 Å². The molecule has 0 amide bonds. The van der Waals surface area contributed by atoms with Gasteiger partial charge in [-0.3, -0.25) is 4.79 Å². The summed E-state index contributed by atoms with van der Waals surface area (Å²) in [4.78, 5) is 27.8. The molecule has 21 heavy (non-hydrogen) atoms. The van der Waals surface area contributed by atoms with E-state index in [1.807, 2.05) is 30.3 Å². The predicted molar refractivity (Wildman–Crippen MR) is 81.5 cm³/mol. The van der Waals surface area contributed by atoms with Crippen LogP contribution in [-0.2, 0) is 14.4 Å². The van der Waals surface area contributed by atoms with E-state index in [2.05, 4.69) is 5.16 Å². The van der Waals surface area contributed by atoms with Gasteiger partial charge in [-0.15, -0.1) is 0 Å². The van der Waals surface area contributed by atoms with Crippen molar-refractivity contribution in [3.63, 3.8) is 0 Å². The third kappa shape index (κ3) is 3.86. The fourth-order valence-corrected chi connectivity index (χ4v) is 1.73. The van der Waals surface area contributed by atoms with Crippen molar-refractivity contribution < 1.29 is 14.4 Å². The minimum Gasteiger partial charge on any atom is -0.313 e. The first kappa shape index (κ1) is 14.7. The van der Waals surface area contributed by atoms with E-state index in [0.717, 1.165) is 5.56 Å². The molecule has 0 saturated carbocycles. The van der Waals surface area contributed by atoms with Crippen LogP contribution in [0.25, 0.3) is 6.08 Å². The lowest BCUT2D eigenvalue weighted by atomic mass is 9.97. The summed E-state index contributed by atoms with van der Waals surface area (Å²) in [5.41, 5.74) is 2.69. The summed E-state index contributed by atoms with van der Waals surface area (Å²) in [6.07, 6.45) is 5.91. The molecule has 2 rings (SSSR count). The van der Waals surface area contributed by atoms with E-state index in [0.29, 0.717) is 16.9 Å². The maximum atomic E-state index is 11.6. The lowest BCUT2D eigenvalue weighted by Gasteiger charge is -2.09. The summed E-state index contributed by atoms with van der Waals surface area (Å²) >= 11 is 0. The van der Waals surface area contributed by atoms with Gasteiger partial charge in [-0.1, -0.05) is 35.5 Å². The van der Waals surface area contributed by atoms with Crippen molar-refractivity contribution in [2.24, 2.45) is 5.16 Å². The number of allylic oxidation sites excluding steroid dienone is 4. The lowest BCUT2D eigenvalue weighted by Crippen LogP contribution is -2.12. The average molecular weight is 281 g/mol. The number of hydrogen-bond donors (Lipinski definition) is 0. The number of carbonyl (C=O) groups excluding carboxylic acids is 2. The van der Waals surface area contributed by atoms with Crippen LogP contribution in [0.5, 0.6) is 0 Å². The predicted octanol–water partition coefficient (Wildman–Crippen LogP) is 3.07. The first-order valence-corrected chi connectivity index (χ1v) is 6.50. The molecule has 106 valence electrons. The van der Waals surface area contributed by atoms with Crippen molar-refractivity contribution in [3.8, 4) is 0 Å². The molecule has 0 heterocycles. The molecule has 4 nitrogen and oxygen atoms in total. The summed E-state index contributed by atoms with van der Waals surface area (Å²) in [5.74, 6) is -0.621. The Hall–Kier alpha value is -2.75. The maximum absolute atomic E-state index is 11.6. The summed E-state index contributed by atoms with van der Waals surface area (Å²) < 4.78 is 0. The van der Waals surface area contributed by atoms with Gasteiger partial charge < -0.3 is 4.84 Å². The van der Waals surface area contributed by atoms with Crippen molar-refractivity contribution in [3.05, 3.63) is 65.3 Å². The molecule has 0 bridgehead atoms. The smallest absolute Gasteiger partial charge is 0.313 e. The first-order valence-electron chi connectivity index (χ1n) is 6.50. The molecule has 0 aliphatic heterocycles. The van der Waals surface area contributed by atoms with E-state index < -0.39 is 5.97 Å². The van der Waals surface area contributed by atoms with E-state index in [4.69, 9.17) is 4.84 Å². The van der Waals surface area contributed by atoms with Gasteiger partial charge in [-0.25, -0.2) is 4.79 Å². The van der Waals surface area contributed by atoms with Crippen molar-refractivity contribution in [1.29, 1.82) is 0 Å². The molecule has 0 saturated heterocycles. The van der Waals surface area contributed by atoms with Crippen LogP contribution in [0.3, 0.4) is 0 Å². The fraction of sp³-hybridized carbons (Fsp3) is 0.118. The molecule has 0 N–H and O–H groups in total. The van der Waals surface area contributed by atoms with Crippen LogP contribution in [0, 0.1) is 0 Å². The Labute approximate surface area is 123 Å². The third-order valence-electron chi connectivity index (χ3n) is 3.15. The molecule has 0 spiro atoms. The zero-order valence-electron chi connectivity index (χ0n) is 11.9. The van der Waals surface area contributed by atoms with E-state index >= 15 is 0 Å². The molecule has 0 radical (unpaired) electrons. The second-order valence-electron chi connectivity index (χ2n) is 4.58. The molecular weight excluding hydrogens is 266 g/mol. The van der Waals surface area contributed by atoms with E-state index in [1.165, 1.54) is 12.2 Å². The highest BCUT2D eigenvalue weighted by Crippen LogP contribution is 2.14. The Morgan fingerprint density at radius 2 is 1.81 bits per heavy atom. The van der Waals surface area contributed by atoms with E-state index in [9.17, 15) is 9.59 Å². The highest BCUT2D eigenvalue weighted by molar-refractivity contribution is 6.21. The molecule has 1 aliphatic rings. The third-order valence-corrected chi connectivity index (χ3v) is 3.15. The molecule has 0 unspecified atom stereocenters. The quantitative estimate of drug-likeness (QED) is 0.370. The van der Waals surface area contributed by atoms with Crippen molar-refractivity contribution in [1.82, 2.24) is 0 Å². The number of rotatable bonds is 3. The van der Waals surface area contributed by atoms with Gasteiger partial charge in [0.2, 0.25) is 0 Å². The minimum absolute atomic E-state index is 0.0539. The number of oxime groups is 1. The van der Waals surface area contributed by atoms with Crippen molar-refractivity contribution in [2.45, 2.75) is 13.8 Å². The van der Waals surface area contributed by atoms with Crippen LogP contribution in [-0.4, -0.2) is 17.5 Å². The molecule has 1 aromatic rings. The summed E-state index contributed by atoms with van der Waals surface area (Å²) in [6, 6.07) is 9.41. The molecule has 0 fully saturated rings. The Morgan fingerprint density at radius 1 is 1.10 bits per heavy atom. The molecule has 1 aromatic carbocycles. The van der Waals surface area contributed by atoms with Crippen LogP contribution < -0.4 is 0 Å². The normalized spacial score (nSPS) is 16.9. The zero-order chi connectivity index (χ0) is 15.2. The first-order chi connectivity index (χ1) is 10.1. The summed E-state index contributed by atoms with van der Waals surface area (Å²) in [6.45, 7) is 3.48. The topological polar surface area (TPSA) is 55.7 Å². The van der Waals surface area contributed by atoms with Gasteiger partial charge in [0, 0.05) is 11.6 Å². The van der Waals surface area contributed by atoms with Crippen molar-refractivity contribution >= 4 is 23.5 Å². The van der Waals surface area contributed by atoms with Crippen LogP contribution in [0.15, 0.2) is 64.9 Å². The van der Waals surface area contributed by atoms with Crippen LogP contribution in [0.2, 0.25) is 0 Å². The summed E-state index contributed by atoms with van der Waals surface area (Å²) in [5, 5.41) is 3.78. The van der Waals surface area contributed by atoms with Gasteiger partial charge in [0.1, 0.15) is 5.71 Å². The van der Waals surface area contributed by atoms with Gasteiger partial charge in [-0.05, 0) is 43.2 Å². The number of benzene rings is 1. The second kappa shape index (κ2) is 6.61. The zero-order valence-corrected chi connectivity index (χ0v) is 11.9. The van der Waals surface area contributed by atoms with E-state index in [-0.39, 0.29) is 5.78 Å². The Kier molecular flexibility index (Phi) is 4.61. The van der Waals surface area contributed by atoms with Gasteiger partial charge >= 0.3 is 5.97 Å². The summed E-state index contributed by atoms with van der Waals surface area (Å²) in [7, 11) is 0. The average Bonchev–Trinajstić information content (AvgIpc) is 2.51. The molecule has 4 heteroatoms. The van der Waals surface area contributed by atoms with Gasteiger partial charge in [0.05, 0.1) is 0 Å². The Bertz CT molecular complexity index is 679. The van der Waals surface area contributed by atoms with Crippen LogP contribution >= 0.6 is 0 Å². The molecule has 0 aromatic heterocycles. The fourth-order valence-electron chi connectivity index (χ4n) is 1.73. The largest absolute Gasteiger partial charge is 0.358 e. The number of carbonyl (C=O) groups is 2. The van der Waals surface area contributed by atoms with Crippen LogP contribution in [0.1, 0.15) is 19.4 Å². The number of hydrogen-bond acceptors (Lipinski definition) is 4. The Morgan fingerprint density at radius 3 is 2.52 bits per heavy atom. The maximum Gasteiger partial charge on any atom is 0.358 e. The second-order valence-corrected chi connectivity index (χ2v) is 4.58. The van der Waals surface area contributed by atoms with Gasteiger partial charge in [-0.2, -0.15) is 0 Å². The minimum atomic E-state index is -0.567. The lowest BCUT2D eigenvalue weighted by molar-refractivity contribution is -0.137. The highest BCUT2D eigenvalue weighted by Gasteiger charge is 2.14. The number of nitrogens with zero attached hydrogens (tertiary/aromatic N) is 1. The number of ketones is 1. The standard InChI is InChI=1S/C17H15NO3/c1-12-13(2)16(19)10-9-15(12)18-21-17(20)11-8-14-6-4-3-5-7-14/h3-11H,1-2H3/b11-8+,18-15+. The SMILES string of the molecule is CC1=C(C)/C(=N/OC(=O)/C=C/c2ccccc2)C=CC1=O. The Balaban J connectivity index is 2.01. The van der Waals surface area contributed by atoms with E-state index in [1.54, 1.807) is 26.0 Å². The molecule has 1 aliphatic carbocycles. The monoisotopic (exact) mass is 281 g/mol. The molecular formula is C17H15NO3. The van der Waals surface area contributed by atoms with Crippen LogP contribution in [0.4, 0.5) is 0 Å². The van der Waals surface area contributed by atoms with Gasteiger partial charge in [0.15, 0.2) is 5.78 Å². The van der Waals surface area contributed by atoms with Crippen molar-refractivity contribution in [2.75, 3.05) is 0 Å². The highest BCUT2D eigenvalue weighted by atomic mass is 16.7.